The summed E-state index contributed by atoms with van der Waals surface area (Å²) in [6.45, 7) is 1.69. The van der Waals surface area contributed by atoms with Gasteiger partial charge in [0.05, 0.1) is 5.69 Å². The van der Waals surface area contributed by atoms with Crippen molar-refractivity contribution in [2.45, 2.75) is 6.92 Å². The Morgan fingerprint density at radius 3 is 2.65 bits per heavy atom. The lowest BCUT2D eigenvalue weighted by molar-refractivity contribution is 0.0697. The maximum absolute atomic E-state index is 11.1. The van der Waals surface area contributed by atoms with Gasteiger partial charge < -0.3 is 10.4 Å². The minimum atomic E-state index is -0.962. The molecule has 0 radical (unpaired) electrons. The largest absolute Gasteiger partial charge is 0.478 e. The minimum absolute atomic E-state index is 0.234. The van der Waals surface area contributed by atoms with Crippen LogP contribution in [-0.2, 0) is 0 Å². The SMILES string of the molecule is Cc1nsc(Nc2ccc(Br)cc2)c1C(=O)O. The highest BCUT2D eigenvalue weighted by Gasteiger charge is 2.17. The zero-order chi connectivity index (χ0) is 12.4. The highest BCUT2D eigenvalue weighted by molar-refractivity contribution is 9.10. The minimum Gasteiger partial charge on any atom is -0.478 e. The van der Waals surface area contributed by atoms with Crippen molar-refractivity contribution in [2.24, 2.45) is 0 Å². The average molecular weight is 313 g/mol. The second-order valence-electron chi connectivity index (χ2n) is 3.41. The third-order valence-corrected chi connectivity index (χ3v) is 3.56. The summed E-state index contributed by atoms with van der Waals surface area (Å²) in [7, 11) is 0. The molecule has 2 aromatic rings. The fourth-order valence-corrected chi connectivity index (χ4v) is 2.44. The molecule has 2 rings (SSSR count). The zero-order valence-corrected chi connectivity index (χ0v) is 11.3. The van der Waals surface area contributed by atoms with Crippen molar-refractivity contribution >= 4 is 44.1 Å². The molecule has 0 aliphatic heterocycles. The zero-order valence-electron chi connectivity index (χ0n) is 8.90. The van der Waals surface area contributed by atoms with Crippen LogP contribution in [0.2, 0.25) is 0 Å². The number of carboxylic acids is 1. The van der Waals surface area contributed by atoms with Crippen molar-refractivity contribution in [3.05, 3.63) is 40.0 Å². The van der Waals surface area contributed by atoms with Crippen molar-refractivity contribution < 1.29 is 9.90 Å². The highest BCUT2D eigenvalue weighted by atomic mass is 79.9. The lowest BCUT2D eigenvalue weighted by Gasteiger charge is -2.04. The summed E-state index contributed by atoms with van der Waals surface area (Å²) in [6.07, 6.45) is 0. The number of rotatable bonds is 3. The summed E-state index contributed by atoms with van der Waals surface area (Å²) in [5, 5.41) is 12.7. The number of carboxylic acid groups (broad SMARTS) is 1. The van der Waals surface area contributed by atoms with E-state index < -0.39 is 5.97 Å². The lowest BCUT2D eigenvalue weighted by atomic mass is 10.2. The second kappa shape index (κ2) is 4.85. The van der Waals surface area contributed by atoms with Gasteiger partial charge in [-0.25, -0.2) is 4.79 Å². The summed E-state index contributed by atoms with van der Waals surface area (Å²) in [5.74, 6) is -0.962. The number of aromatic carboxylic acids is 1. The van der Waals surface area contributed by atoms with E-state index in [1.807, 2.05) is 24.3 Å². The molecule has 0 saturated carbocycles. The smallest absolute Gasteiger partial charge is 0.340 e. The van der Waals surface area contributed by atoms with Crippen molar-refractivity contribution in [3.8, 4) is 0 Å². The number of nitrogens with zero attached hydrogens (tertiary/aromatic N) is 1. The third kappa shape index (κ3) is 2.65. The van der Waals surface area contributed by atoms with Crippen LogP contribution in [0.1, 0.15) is 16.1 Å². The number of aryl methyl sites for hydroxylation is 1. The monoisotopic (exact) mass is 312 g/mol. The van der Waals surface area contributed by atoms with Crippen LogP contribution in [0.25, 0.3) is 0 Å². The van der Waals surface area contributed by atoms with Crippen LogP contribution in [0.5, 0.6) is 0 Å². The molecule has 0 amide bonds. The lowest BCUT2D eigenvalue weighted by Crippen LogP contribution is -2.01. The van der Waals surface area contributed by atoms with Crippen molar-refractivity contribution in [1.29, 1.82) is 0 Å². The predicted molar refractivity (Wildman–Crippen MR) is 71.2 cm³/mol. The van der Waals surface area contributed by atoms with E-state index in [0.29, 0.717) is 10.7 Å². The molecule has 1 heterocycles. The van der Waals surface area contributed by atoms with Gasteiger partial charge in [-0.2, -0.15) is 4.37 Å². The van der Waals surface area contributed by atoms with Gasteiger partial charge >= 0.3 is 5.97 Å². The number of hydrogen-bond donors (Lipinski definition) is 2. The fourth-order valence-electron chi connectivity index (χ4n) is 1.37. The average Bonchev–Trinajstić information content (AvgIpc) is 2.63. The Morgan fingerprint density at radius 1 is 1.41 bits per heavy atom. The quantitative estimate of drug-likeness (QED) is 0.908. The van der Waals surface area contributed by atoms with E-state index in [0.717, 1.165) is 21.7 Å². The van der Waals surface area contributed by atoms with E-state index in [1.54, 1.807) is 6.92 Å². The van der Waals surface area contributed by atoms with Crippen molar-refractivity contribution in [1.82, 2.24) is 4.37 Å². The van der Waals surface area contributed by atoms with Gasteiger partial charge in [0.1, 0.15) is 10.6 Å². The van der Waals surface area contributed by atoms with E-state index in [-0.39, 0.29) is 5.56 Å². The third-order valence-electron chi connectivity index (χ3n) is 2.18. The molecule has 0 bridgehead atoms. The van der Waals surface area contributed by atoms with Gasteiger partial charge in [-0.15, -0.1) is 0 Å². The molecule has 2 N–H and O–H groups in total. The number of nitrogens with one attached hydrogen (secondary N) is 1. The van der Waals surface area contributed by atoms with E-state index in [1.165, 1.54) is 0 Å². The van der Waals surface area contributed by atoms with Gasteiger partial charge in [0.15, 0.2) is 0 Å². The van der Waals surface area contributed by atoms with Gasteiger partial charge in [-0.1, -0.05) is 15.9 Å². The number of carbonyl (C=O) groups is 1. The van der Waals surface area contributed by atoms with Gasteiger partial charge in [-0.3, -0.25) is 0 Å². The van der Waals surface area contributed by atoms with Gasteiger partial charge in [0.25, 0.3) is 0 Å². The first-order valence-corrected chi connectivity index (χ1v) is 6.36. The Labute approximate surface area is 111 Å². The Balaban J connectivity index is 2.30. The molecule has 1 aromatic heterocycles. The van der Waals surface area contributed by atoms with Crippen LogP contribution in [0.4, 0.5) is 10.7 Å². The first kappa shape index (κ1) is 12.1. The standard InChI is InChI=1S/C11H9BrN2O2S/c1-6-9(11(15)16)10(17-14-6)13-8-4-2-7(12)3-5-8/h2-5,13H,1H3,(H,15,16). The first-order chi connectivity index (χ1) is 8.08. The molecule has 0 saturated heterocycles. The molecule has 0 spiro atoms. The van der Waals surface area contributed by atoms with Crippen LogP contribution in [0.15, 0.2) is 28.7 Å². The fraction of sp³-hybridized carbons (Fsp3) is 0.0909. The number of benzene rings is 1. The van der Waals surface area contributed by atoms with Gasteiger partial charge in [0, 0.05) is 10.2 Å². The molecule has 0 aliphatic carbocycles. The van der Waals surface area contributed by atoms with Gasteiger partial charge in [-0.05, 0) is 42.7 Å². The molecular weight excluding hydrogens is 304 g/mol. The maximum atomic E-state index is 11.1. The summed E-state index contributed by atoms with van der Waals surface area (Å²) in [5.41, 5.74) is 1.60. The Morgan fingerprint density at radius 2 is 2.06 bits per heavy atom. The van der Waals surface area contributed by atoms with Crippen LogP contribution >= 0.6 is 27.5 Å². The normalized spacial score (nSPS) is 10.2. The molecule has 4 nitrogen and oxygen atoms in total. The second-order valence-corrected chi connectivity index (χ2v) is 5.10. The molecule has 0 fully saturated rings. The van der Waals surface area contributed by atoms with Gasteiger partial charge in [0.2, 0.25) is 0 Å². The summed E-state index contributed by atoms with van der Waals surface area (Å²) in [6, 6.07) is 7.50. The van der Waals surface area contributed by atoms with Crippen LogP contribution < -0.4 is 5.32 Å². The molecule has 0 atom stereocenters. The van der Waals surface area contributed by atoms with Crippen LogP contribution in [0.3, 0.4) is 0 Å². The van der Waals surface area contributed by atoms with E-state index in [9.17, 15) is 4.79 Å². The van der Waals surface area contributed by atoms with Crippen molar-refractivity contribution in [3.63, 3.8) is 0 Å². The topological polar surface area (TPSA) is 62.2 Å². The number of halogens is 1. The van der Waals surface area contributed by atoms with E-state index >= 15 is 0 Å². The number of anilines is 2. The van der Waals surface area contributed by atoms with Crippen LogP contribution in [0, 0.1) is 6.92 Å². The maximum Gasteiger partial charge on any atom is 0.340 e. The predicted octanol–water partition coefficient (Wildman–Crippen LogP) is 3.66. The Kier molecular flexibility index (Phi) is 3.44. The molecule has 6 heteroatoms. The summed E-state index contributed by atoms with van der Waals surface area (Å²) < 4.78 is 5.01. The summed E-state index contributed by atoms with van der Waals surface area (Å²) in [4.78, 5) is 11.1. The Bertz CT molecular complexity index is 551. The highest BCUT2D eigenvalue weighted by Crippen LogP contribution is 2.28. The number of aromatic nitrogens is 1. The molecule has 1 aromatic carbocycles. The van der Waals surface area contributed by atoms with E-state index in [4.69, 9.17) is 5.11 Å². The van der Waals surface area contributed by atoms with Crippen molar-refractivity contribution in [2.75, 3.05) is 5.32 Å². The summed E-state index contributed by atoms with van der Waals surface area (Å²) >= 11 is 4.49. The molecule has 88 valence electrons. The molecular formula is C11H9BrN2O2S. The molecule has 0 aliphatic rings. The molecule has 17 heavy (non-hydrogen) atoms. The number of hydrogen-bond acceptors (Lipinski definition) is 4. The van der Waals surface area contributed by atoms with Crippen LogP contribution in [-0.4, -0.2) is 15.4 Å². The van der Waals surface area contributed by atoms with E-state index in [2.05, 4.69) is 25.6 Å². The first-order valence-electron chi connectivity index (χ1n) is 4.80. The molecule has 0 unspecified atom stereocenters. The Hall–Kier alpha value is -1.40.